The summed E-state index contributed by atoms with van der Waals surface area (Å²) < 4.78 is 2.28. The molecule has 4 rings (SSSR count). The lowest BCUT2D eigenvalue weighted by molar-refractivity contribution is 0.144. The van der Waals surface area contributed by atoms with Gasteiger partial charge >= 0.3 is 0 Å². The van der Waals surface area contributed by atoms with E-state index in [9.17, 15) is 0 Å². The summed E-state index contributed by atoms with van der Waals surface area (Å²) in [5, 5.41) is 12.3. The molecule has 5 nitrogen and oxygen atoms in total. The highest BCUT2D eigenvalue weighted by Crippen LogP contribution is 2.28. The predicted molar refractivity (Wildman–Crippen MR) is 93.6 cm³/mol. The van der Waals surface area contributed by atoms with E-state index in [2.05, 4.69) is 56.2 Å². The fraction of sp³-hybridized carbons (Fsp3) is 0.529. The van der Waals surface area contributed by atoms with Crippen LogP contribution in [-0.2, 0) is 13.1 Å². The third-order valence-corrected chi connectivity index (χ3v) is 4.93. The van der Waals surface area contributed by atoms with Gasteiger partial charge in [-0.3, -0.25) is 4.90 Å². The van der Waals surface area contributed by atoms with E-state index in [1.807, 2.05) is 6.07 Å². The molecule has 0 aliphatic carbocycles. The Bertz CT molecular complexity index is 648. The minimum atomic E-state index is 0. The Balaban J connectivity index is 0.00000156. The molecular formula is C17H24ClN5. The van der Waals surface area contributed by atoms with Gasteiger partial charge in [0.25, 0.3) is 0 Å². The van der Waals surface area contributed by atoms with Crippen molar-refractivity contribution in [2.45, 2.75) is 26.4 Å². The van der Waals surface area contributed by atoms with Gasteiger partial charge in [0.1, 0.15) is 5.82 Å². The number of nitrogens with zero attached hydrogens (tertiary/aromatic N) is 4. The molecule has 0 saturated carbocycles. The third kappa shape index (κ3) is 3.27. The maximum Gasteiger partial charge on any atom is 0.164 e. The molecule has 0 bridgehead atoms. The van der Waals surface area contributed by atoms with E-state index in [1.54, 1.807) is 0 Å². The number of rotatable bonds is 3. The van der Waals surface area contributed by atoms with E-state index in [0.29, 0.717) is 5.41 Å². The summed E-state index contributed by atoms with van der Waals surface area (Å²) in [7, 11) is 0. The second-order valence-electron chi connectivity index (χ2n) is 6.91. The average Bonchev–Trinajstić information content (AvgIpc) is 3.14. The van der Waals surface area contributed by atoms with E-state index in [4.69, 9.17) is 0 Å². The summed E-state index contributed by atoms with van der Waals surface area (Å²) in [5.74, 6) is 2.10. The third-order valence-electron chi connectivity index (χ3n) is 4.93. The summed E-state index contributed by atoms with van der Waals surface area (Å²) >= 11 is 0. The topological polar surface area (TPSA) is 46.0 Å². The van der Waals surface area contributed by atoms with Crippen LogP contribution in [0.3, 0.4) is 0 Å². The van der Waals surface area contributed by atoms with Crippen molar-refractivity contribution >= 4 is 12.4 Å². The summed E-state index contributed by atoms with van der Waals surface area (Å²) in [6, 6.07) is 10.4. The zero-order chi connectivity index (χ0) is 15.0. The SMILES string of the molecule is CC1(CN2CCn3c(nnc3-c3ccccc3)C2)CCNC1.Cl. The van der Waals surface area contributed by atoms with Crippen molar-refractivity contribution in [3.05, 3.63) is 36.2 Å². The first-order valence-corrected chi connectivity index (χ1v) is 8.14. The summed E-state index contributed by atoms with van der Waals surface area (Å²) in [6.07, 6.45) is 1.27. The fourth-order valence-electron chi connectivity index (χ4n) is 3.69. The Labute approximate surface area is 143 Å². The molecule has 6 heteroatoms. The Morgan fingerprint density at radius 3 is 2.74 bits per heavy atom. The smallest absolute Gasteiger partial charge is 0.164 e. The van der Waals surface area contributed by atoms with Crippen molar-refractivity contribution in [3.63, 3.8) is 0 Å². The molecule has 2 aromatic rings. The molecule has 2 aliphatic heterocycles. The van der Waals surface area contributed by atoms with Gasteiger partial charge in [0, 0.05) is 31.7 Å². The van der Waals surface area contributed by atoms with Gasteiger partial charge in [-0.2, -0.15) is 0 Å². The zero-order valence-corrected chi connectivity index (χ0v) is 14.4. The molecule has 23 heavy (non-hydrogen) atoms. The number of hydrogen-bond acceptors (Lipinski definition) is 4. The maximum absolute atomic E-state index is 4.44. The molecule has 1 atom stereocenters. The monoisotopic (exact) mass is 333 g/mol. The van der Waals surface area contributed by atoms with Crippen LogP contribution in [-0.4, -0.2) is 45.8 Å². The van der Waals surface area contributed by atoms with Gasteiger partial charge < -0.3 is 9.88 Å². The zero-order valence-electron chi connectivity index (χ0n) is 13.5. The first kappa shape index (κ1) is 16.4. The van der Waals surface area contributed by atoms with Crippen LogP contribution in [0.1, 0.15) is 19.2 Å². The first-order chi connectivity index (χ1) is 10.7. The Morgan fingerprint density at radius 1 is 1.17 bits per heavy atom. The number of nitrogens with one attached hydrogen (secondary N) is 1. The minimum Gasteiger partial charge on any atom is -0.316 e. The largest absolute Gasteiger partial charge is 0.316 e. The van der Waals surface area contributed by atoms with E-state index in [1.165, 1.54) is 6.42 Å². The molecule has 3 heterocycles. The molecule has 1 fully saturated rings. The quantitative estimate of drug-likeness (QED) is 0.935. The highest BCUT2D eigenvalue weighted by molar-refractivity contribution is 5.85. The molecule has 1 saturated heterocycles. The normalized spacial score (nSPS) is 24.2. The standard InChI is InChI=1S/C17H23N5.ClH/c1-17(7-8-18-12-17)13-21-9-10-22-15(11-21)19-20-16(22)14-5-3-2-4-6-14;/h2-6,18H,7-13H2,1H3;1H. The van der Waals surface area contributed by atoms with Gasteiger partial charge in [-0.25, -0.2) is 0 Å². The average molecular weight is 334 g/mol. The summed E-state index contributed by atoms with van der Waals surface area (Å²) in [6.45, 7) is 8.80. The number of benzene rings is 1. The van der Waals surface area contributed by atoms with Gasteiger partial charge in [-0.15, -0.1) is 22.6 Å². The lowest BCUT2D eigenvalue weighted by atomic mass is 9.89. The highest BCUT2D eigenvalue weighted by Gasteiger charge is 2.32. The van der Waals surface area contributed by atoms with E-state index in [0.717, 1.165) is 56.5 Å². The van der Waals surface area contributed by atoms with Gasteiger partial charge in [-0.05, 0) is 18.4 Å². The van der Waals surface area contributed by atoms with Gasteiger partial charge in [0.15, 0.2) is 5.82 Å². The van der Waals surface area contributed by atoms with E-state index >= 15 is 0 Å². The molecule has 1 aromatic heterocycles. The number of halogens is 1. The van der Waals surface area contributed by atoms with Gasteiger partial charge in [-0.1, -0.05) is 37.3 Å². The van der Waals surface area contributed by atoms with Crippen molar-refractivity contribution < 1.29 is 0 Å². The van der Waals surface area contributed by atoms with Crippen LogP contribution in [0.25, 0.3) is 11.4 Å². The number of aromatic nitrogens is 3. The number of hydrogen-bond donors (Lipinski definition) is 1. The van der Waals surface area contributed by atoms with Crippen LogP contribution < -0.4 is 5.32 Å². The number of fused-ring (bicyclic) bond motifs is 1. The lowest BCUT2D eigenvalue weighted by Crippen LogP contribution is -2.41. The molecule has 1 N–H and O–H groups in total. The van der Waals surface area contributed by atoms with Crippen molar-refractivity contribution in [1.82, 2.24) is 25.0 Å². The van der Waals surface area contributed by atoms with Crippen molar-refractivity contribution in [1.29, 1.82) is 0 Å². The molecule has 0 amide bonds. The Morgan fingerprint density at radius 2 is 2.00 bits per heavy atom. The van der Waals surface area contributed by atoms with Crippen LogP contribution in [0.4, 0.5) is 0 Å². The van der Waals surface area contributed by atoms with Gasteiger partial charge in [0.2, 0.25) is 0 Å². The minimum absolute atomic E-state index is 0. The molecule has 2 aliphatic rings. The van der Waals surface area contributed by atoms with Crippen LogP contribution >= 0.6 is 12.4 Å². The van der Waals surface area contributed by atoms with Crippen LogP contribution in [0.15, 0.2) is 30.3 Å². The second kappa shape index (κ2) is 6.59. The molecular weight excluding hydrogens is 310 g/mol. The first-order valence-electron chi connectivity index (χ1n) is 8.14. The lowest BCUT2D eigenvalue weighted by Gasteiger charge is -2.34. The van der Waals surface area contributed by atoms with Crippen LogP contribution in [0, 0.1) is 5.41 Å². The van der Waals surface area contributed by atoms with Crippen molar-refractivity contribution in [2.24, 2.45) is 5.41 Å². The fourth-order valence-corrected chi connectivity index (χ4v) is 3.69. The van der Waals surface area contributed by atoms with Crippen molar-refractivity contribution in [3.8, 4) is 11.4 Å². The van der Waals surface area contributed by atoms with E-state index in [-0.39, 0.29) is 12.4 Å². The van der Waals surface area contributed by atoms with Crippen LogP contribution in [0.2, 0.25) is 0 Å². The van der Waals surface area contributed by atoms with Crippen molar-refractivity contribution in [2.75, 3.05) is 26.2 Å². The molecule has 124 valence electrons. The predicted octanol–water partition coefficient (Wildman–Crippen LogP) is 2.18. The molecule has 0 spiro atoms. The highest BCUT2D eigenvalue weighted by atomic mass is 35.5. The molecule has 1 aromatic carbocycles. The van der Waals surface area contributed by atoms with Crippen LogP contribution in [0.5, 0.6) is 0 Å². The summed E-state index contributed by atoms with van der Waals surface area (Å²) in [5.41, 5.74) is 1.56. The molecule has 0 radical (unpaired) electrons. The Kier molecular flexibility index (Phi) is 4.71. The molecule has 1 unspecified atom stereocenters. The maximum atomic E-state index is 4.44. The second-order valence-corrected chi connectivity index (χ2v) is 6.91. The Hall–Kier alpha value is -1.43. The van der Waals surface area contributed by atoms with E-state index < -0.39 is 0 Å². The summed E-state index contributed by atoms with van der Waals surface area (Å²) in [4.78, 5) is 2.53. The van der Waals surface area contributed by atoms with Gasteiger partial charge in [0.05, 0.1) is 6.54 Å².